The minimum absolute atomic E-state index is 0.0141. The summed E-state index contributed by atoms with van der Waals surface area (Å²) in [6.45, 7) is 4.29. The van der Waals surface area contributed by atoms with E-state index in [-0.39, 0.29) is 23.5 Å². The molecule has 1 aliphatic rings. The van der Waals surface area contributed by atoms with Crippen molar-refractivity contribution in [2.75, 3.05) is 18.1 Å². The second-order valence-corrected chi connectivity index (χ2v) is 9.41. The molecule has 2 aromatic carbocycles. The summed E-state index contributed by atoms with van der Waals surface area (Å²) in [5.74, 6) is 0.518. The molecular weight excluding hydrogens is 398 g/mol. The summed E-state index contributed by atoms with van der Waals surface area (Å²) in [7, 11) is -3.12. The van der Waals surface area contributed by atoms with E-state index >= 15 is 0 Å². The number of nitrogens with zero attached hydrogens (tertiary/aromatic N) is 1. The van der Waals surface area contributed by atoms with E-state index in [1.54, 1.807) is 47.4 Å². The van der Waals surface area contributed by atoms with E-state index in [9.17, 15) is 13.2 Å². The lowest BCUT2D eigenvalue weighted by atomic mass is 10.1. The van der Waals surface area contributed by atoms with E-state index in [4.69, 9.17) is 16.3 Å². The van der Waals surface area contributed by atoms with E-state index in [1.165, 1.54) is 0 Å². The molecule has 7 heteroatoms. The first kappa shape index (κ1) is 20.4. The average Bonchev–Trinajstić information content (AvgIpc) is 3.04. The number of halogens is 1. The van der Waals surface area contributed by atoms with Gasteiger partial charge in [-0.15, -0.1) is 0 Å². The monoisotopic (exact) mass is 419 g/mol. The summed E-state index contributed by atoms with van der Waals surface area (Å²) in [5.41, 5.74) is 1.34. The fraction of sp³-hybridized carbons (Fsp3) is 0.286. The summed E-state index contributed by atoms with van der Waals surface area (Å²) in [6, 6.07) is 13.7. The van der Waals surface area contributed by atoms with Crippen molar-refractivity contribution in [3.8, 4) is 5.75 Å². The summed E-state index contributed by atoms with van der Waals surface area (Å²) in [4.78, 5) is 14.8. The summed E-state index contributed by atoms with van der Waals surface area (Å²) < 4.78 is 29.4. The fourth-order valence-electron chi connectivity index (χ4n) is 3.23. The zero-order chi connectivity index (χ0) is 20.1. The lowest BCUT2D eigenvalue weighted by molar-refractivity contribution is 0.0681. The Kier molecular flexibility index (Phi) is 6.42. The lowest BCUT2D eigenvalue weighted by Crippen LogP contribution is -2.40. The molecule has 0 N–H and O–H groups in total. The normalized spacial score (nSPS) is 17.8. The van der Waals surface area contributed by atoms with Gasteiger partial charge in [-0.3, -0.25) is 4.79 Å². The zero-order valence-corrected chi connectivity index (χ0v) is 17.0. The molecule has 1 fully saturated rings. The van der Waals surface area contributed by atoms with Gasteiger partial charge >= 0.3 is 0 Å². The van der Waals surface area contributed by atoms with Crippen molar-refractivity contribution in [3.05, 3.63) is 77.3 Å². The van der Waals surface area contributed by atoms with Crippen molar-refractivity contribution in [2.45, 2.75) is 19.0 Å². The molecule has 28 heavy (non-hydrogen) atoms. The molecule has 1 amide bonds. The van der Waals surface area contributed by atoms with Gasteiger partial charge in [-0.1, -0.05) is 36.4 Å². The maximum atomic E-state index is 13.2. The van der Waals surface area contributed by atoms with Gasteiger partial charge in [0.25, 0.3) is 5.91 Å². The second-order valence-electron chi connectivity index (χ2n) is 6.74. The van der Waals surface area contributed by atoms with E-state index in [0.29, 0.717) is 35.9 Å². The first-order valence-corrected chi connectivity index (χ1v) is 11.2. The standard InChI is InChI=1S/C21H22ClNO4S/c1-2-11-27-20-8-6-17(7-9-20)21(24)23(19-10-12-28(25,26)15-19)14-16-4-3-5-18(22)13-16/h2-9,13,19H,1,10-12,14-15H2. The Labute approximate surface area is 170 Å². The Hall–Kier alpha value is -2.31. The molecule has 148 valence electrons. The Morgan fingerprint density at radius 3 is 2.61 bits per heavy atom. The van der Waals surface area contributed by atoms with Gasteiger partial charge in [-0.2, -0.15) is 0 Å². The van der Waals surface area contributed by atoms with Gasteiger partial charge < -0.3 is 9.64 Å². The maximum Gasteiger partial charge on any atom is 0.254 e. The van der Waals surface area contributed by atoms with Crippen LogP contribution in [0.1, 0.15) is 22.3 Å². The van der Waals surface area contributed by atoms with Crippen LogP contribution in [0.2, 0.25) is 5.02 Å². The van der Waals surface area contributed by atoms with E-state index in [2.05, 4.69) is 6.58 Å². The summed E-state index contributed by atoms with van der Waals surface area (Å²) in [6.07, 6.45) is 2.08. The van der Waals surface area contributed by atoms with Crippen LogP contribution < -0.4 is 4.74 Å². The van der Waals surface area contributed by atoms with Crippen molar-refractivity contribution >= 4 is 27.3 Å². The fourth-order valence-corrected chi connectivity index (χ4v) is 5.18. The minimum atomic E-state index is -3.12. The summed E-state index contributed by atoms with van der Waals surface area (Å²) >= 11 is 6.07. The van der Waals surface area contributed by atoms with E-state index < -0.39 is 9.84 Å². The first-order valence-electron chi connectivity index (χ1n) is 8.97. The Morgan fingerprint density at radius 1 is 1.25 bits per heavy atom. The van der Waals surface area contributed by atoms with Gasteiger partial charge in [0.1, 0.15) is 12.4 Å². The van der Waals surface area contributed by atoms with Crippen LogP contribution in [0, 0.1) is 0 Å². The quantitative estimate of drug-likeness (QED) is 0.641. The van der Waals surface area contributed by atoms with Gasteiger partial charge in [0.2, 0.25) is 0 Å². The van der Waals surface area contributed by atoms with Crippen LogP contribution in [0.15, 0.2) is 61.2 Å². The van der Waals surface area contributed by atoms with Crippen molar-refractivity contribution in [2.24, 2.45) is 0 Å². The number of carbonyl (C=O) groups is 1. The molecule has 1 saturated heterocycles. The number of sulfone groups is 1. The molecule has 2 aromatic rings. The predicted molar refractivity (Wildman–Crippen MR) is 111 cm³/mol. The molecule has 1 atom stereocenters. The number of amides is 1. The topological polar surface area (TPSA) is 63.7 Å². The van der Waals surface area contributed by atoms with Crippen molar-refractivity contribution in [3.63, 3.8) is 0 Å². The van der Waals surface area contributed by atoms with Crippen LogP contribution in [-0.2, 0) is 16.4 Å². The SMILES string of the molecule is C=CCOc1ccc(C(=O)N(Cc2cccc(Cl)c2)C2CCS(=O)(=O)C2)cc1. The molecule has 1 unspecified atom stereocenters. The lowest BCUT2D eigenvalue weighted by Gasteiger charge is -2.28. The molecule has 1 aliphatic heterocycles. The van der Waals surface area contributed by atoms with E-state index in [1.807, 2.05) is 12.1 Å². The number of ether oxygens (including phenoxy) is 1. The molecule has 0 bridgehead atoms. The number of hydrogen-bond acceptors (Lipinski definition) is 4. The van der Waals surface area contributed by atoms with Crippen LogP contribution >= 0.6 is 11.6 Å². The molecule has 0 aliphatic carbocycles. The van der Waals surface area contributed by atoms with Crippen LogP contribution in [0.4, 0.5) is 0 Å². The average molecular weight is 420 g/mol. The van der Waals surface area contributed by atoms with Crippen LogP contribution in [0.3, 0.4) is 0 Å². The highest BCUT2D eigenvalue weighted by atomic mass is 35.5. The minimum Gasteiger partial charge on any atom is -0.490 e. The van der Waals surface area contributed by atoms with Crippen LogP contribution in [-0.4, -0.2) is 43.4 Å². The Balaban J connectivity index is 1.85. The molecule has 3 rings (SSSR count). The van der Waals surface area contributed by atoms with Gasteiger partial charge in [-0.25, -0.2) is 8.42 Å². The molecule has 0 aromatic heterocycles. The Bertz CT molecular complexity index is 957. The number of hydrogen-bond donors (Lipinski definition) is 0. The first-order chi connectivity index (χ1) is 13.4. The highest BCUT2D eigenvalue weighted by Gasteiger charge is 2.35. The van der Waals surface area contributed by atoms with Crippen molar-refractivity contribution < 1.29 is 17.9 Å². The molecule has 0 radical (unpaired) electrons. The maximum absolute atomic E-state index is 13.2. The highest BCUT2D eigenvalue weighted by Crippen LogP contribution is 2.24. The van der Waals surface area contributed by atoms with Gasteiger partial charge in [0.05, 0.1) is 11.5 Å². The van der Waals surface area contributed by atoms with Gasteiger partial charge in [0, 0.05) is 23.2 Å². The van der Waals surface area contributed by atoms with Crippen molar-refractivity contribution in [1.29, 1.82) is 0 Å². The van der Waals surface area contributed by atoms with Crippen LogP contribution in [0.5, 0.6) is 5.75 Å². The number of benzene rings is 2. The Morgan fingerprint density at radius 2 is 2.00 bits per heavy atom. The zero-order valence-electron chi connectivity index (χ0n) is 15.4. The largest absolute Gasteiger partial charge is 0.490 e. The second kappa shape index (κ2) is 8.80. The third-order valence-corrected chi connectivity index (χ3v) is 6.61. The summed E-state index contributed by atoms with van der Waals surface area (Å²) in [5, 5.41) is 0.577. The predicted octanol–water partition coefficient (Wildman–Crippen LogP) is 3.73. The van der Waals surface area contributed by atoms with Crippen molar-refractivity contribution in [1.82, 2.24) is 4.90 Å². The highest BCUT2D eigenvalue weighted by molar-refractivity contribution is 7.91. The number of carbonyl (C=O) groups excluding carboxylic acids is 1. The van der Waals surface area contributed by atoms with Crippen LogP contribution in [0.25, 0.3) is 0 Å². The third kappa shape index (κ3) is 5.14. The number of rotatable bonds is 7. The third-order valence-electron chi connectivity index (χ3n) is 4.62. The van der Waals surface area contributed by atoms with E-state index in [0.717, 1.165) is 5.56 Å². The smallest absolute Gasteiger partial charge is 0.254 e. The molecule has 0 saturated carbocycles. The van der Waals surface area contributed by atoms with Gasteiger partial charge in [0.15, 0.2) is 9.84 Å². The molecular formula is C21H22ClNO4S. The molecule has 0 spiro atoms. The molecule has 5 nitrogen and oxygen atoms in total. The molecule has 1 heterocycles. The van der Waals surface area contributed by atoms with Gasteiger partial charge in [-0.05, 0) is 48.4 Å².